The van der Waals surface area contributed by atoms with Crippen LogP contribution in [0.15, 0.2) is 12.4 Å². The summed E-state index contributed by atoms with van der Waals surface area (Å²) in [6.45, 7) is 13.1. The molecule has 0 bridgehead atoms. The van der Waals surface area contributed by atoms with Gasteiger partial charge in [0.25, 0.3) is 0 Å². The van der Waals surface area contributed by atoms with Crippen molar-refractivity contribution in [1.29, 1.82) is 5.26 Å². The molecule has 0 unspecified atom stereocenters. The van der Waals surface area contributed by atoms with E-state index in [0.717, 1.165) is 73.2 Å². The number of amides is 1. The van der Waals surface area contributed by atoms with Crippen LogP contribution in [-0.4, -0.2) is 88.3 Å². The summed E-state index contributed by atoms with van der Waals surface area (Å²) in [4.78, 5) is 34.2. The van der Waals surface area contributed by atoms with Crippen molar-refractivity contribution in [2.75, 3.05) is 50.0 Å². The van der Waals surface area contributed by atoms with Gasteiger partial charge in [-0.05, 0) is 52.3 Å². The highest BCUT2D eigenvalue weighted by Crippen LogP contribution is 2.48. The number of carbonyl (C=O) groups excluding carboxylic acids is 1. The fraction of sp³-hybridized carbons (Fsp3) is 0.485. The Labute approximate surface area is 281 Å². The van der Waals surface area contributed by atoms with Crippen LogP contribution in [-0.2, 0) is 22.7 Å². The van der Waals surface area contributed by atoms with Crippen LogP contribution < -0.4 is 10.2 Å². The van der Waals surface area contributed by atoms with Gasteiger partial charge in [-0.2, -0.15) is 5.26 Å². The number of halogens is 2. The van der Waals surface area contributed by atoms with E-state index in [9.17, 15) is 10.1 Å². The highest BCUT2D eigenvalue weighted by Gasteiger charge is 2.38. The van der Waals surface area contributed by atoms with Gasteiger partial charge >= 0.3 is 6.09 Å². The van der Waals surface area contributed by atoms with Crippen molar-refractivity contribution in [3.05, 3.63) is 39.9 Å². The van der Waals surface area contributed by atoms with Crippen molar-refractivity contribution in [3.8, 4) is 17.3 Å². The Kier molecular flexibility index (Phi) is 8.21. The Morgan fingerprint density at radius 2 is 1.91 bits per heavy atom. The molecule has 1 aromatic carbocycles. The van der Waals surface area contributed by atoms with Crippen LogP contribution in [0.2, 0.25) is 5.02 Å². The molecular weight excluding hydrogens is 643 g/mol. The number of likely N-dealkylation sites (N-methyl/N-ethyl adjacent to an activating group) is 1. The molecule has 3 aliphatic rings. The lowest BCUT2D eigenvalue weighted by Gasteiger charge is -2.38. The number of ether oxygens (including phenoxy) is 2. The third-order valence-electron chi connectivity index (χ3n) is 9.30. The Morgan fingerprint density at radius 1 is 1.17 bits per heavy atom. The van der Waals surface area contributed by atoms with Crippen molar-refractivity contribution in [1.82, 2.24) is 24.8 Å². The second kappa shape index (κ2) is 12.1. The van der Waals surface area contributed by atoms with Crippen molar-refractivity contribution in [2.24, 2.45) is 0 Å². The number of rotatable bonds is 4. The average Bonchev–Trinajstić information content (AvgIpc) is 3.75. The van der Waals surface area contributed by atoms with E-state index in [2.05, 4.69) is 45.0 Å². The van der Waals surface area contributed by atoms with Crippen LogP contribution in [0.3, 0.4) is 0 Å². The van der Waals surface area contributed by atoms with Gasteiger partial charge in [-0.15, -0.1) is 11.3 Å². The molecule has 0 spiro atoms. The maximum atomic E-state index is 15.3. The molecule has 246 valence electrons. The normalized spacial score (nSPS) is 20.6. The summed E-state index contributed by atoms with van der Waals surface area (Å²) in [5, 5.41) is 14.5. The maximum Gasteiger partial charge on any atom is 0.412 e. The Hall–Kier alpha value is -3.67. The number of thiophene rings is 1. The zero-order valence-corrected chi connectivity index (χ0v) is 28.6. The summed E-state index contributed by atoms with van der Waals surface area (Å²) >= 11 is 8.21. The molecule has 3 aromatic heterocycles. The van der Waals surface area contributed by atoms with E-state index in [4.69, 9.17) is 31.0 Å². The molecule has 7 rings (SSSR count). The molecule has 14 heteroatoms. The first-order valence-corrected chi connectivity index (χ1v) is 16.9. The molecule has 2 saturated heterocycles. The minimum absolute atomic E-state index is 0.0749. The summed E-state index contributed by atoms with van der Waals surface area (Å²) in [5.74, 6) is -0.0162. The second-order valence-corrected chi connectivity index (χ2v) is 14.8. The fourth-order valence-electron chi connectivity index (χ4n) is 6.99. The van der Waals surface area contributed by atoms with Gasteiger partial charge in [0.1, 0.15) is 16.7 Å². The number of hydrogen-bond acceptors (Lipinski definition) is 11. The van der Waals surface area contributed by atoms with Gasteiger partial charge in [-0.3, -0.25) is 15.2 Å². The number of piperazine rings is 1. The third-order valence-corrected chi connectivity index (χ3v) is 10.8. The molecular formula is C33H36ClFN8O3S. The molecule has 0 saturated carbocycles. The maximum absolute atomic E-state index is 15.3. The number of fused-ring (bicyclic) bond motifs is 4. The number of pyridine rings is 1. The predicted octanol–water partition coefficient (Wildman–Crippen LogP) is 6.16. The number of benzene rings is 1. The summed E-state index contributed by atoms with van der Waals surface area (Å²) in [5.41, 5.74) is 2.40. The van der Waals surface area contributed by atoms with Crippen molar-refractivity contribution in [3.63, 3.8) is 0 Å². The highest BCUT2D eigenvalue weighted by atomic mass is 35.5. The van der Waals surface area contributed by atoms with E-state index in [1.165, 1.54) is 0 Å². The van der Waals surface area contributed by atoms with E-state index >= 15 is 4.39 Å². The van der Waals surface area contributed by atoms with E-state index in [1.54, 1.807) is 20.8 Å². The lowest BCUT2D eigenvalue weighted by molar-refractivity contribution is 0.0636. The van der Waals surface area contributed by atoms with Crippen LogP contribution in [0.25, 0.3) is 32.2 Å². The Bertz CT molecular complexity index is 1950. The SMILES string of the molecule is C[C@H]1[C@@H](N2CCN(C)CC2)CCN1c1ncc2c3c(c(-c4ncc(F)c5sc(NC(=O)OC(C)(C)C)c(C#N)c45)c(Cl)c2n1)COC3. The molecule has 2 atom stereocenters. The van der Waals surface area contributed by atoms with Crippen LogP contribution in [0.5, 0.6) is 0 Å². The summed E-state index contributed by atoms with van der Waals surface area (Å²) in [6, 6.07) is 2.77. The first-order valence-electron chi connectivity index (χ1n) is 15.7. The van der Waals surface area contributed by atoms with Gasteiger partial charge in [-0.25, -0.2) is 19.2 Å². The van der Waals surface area contributed by atoms with Gasteiger partial charge in [0.2, 0.25) is 5.95 Å². The molecule has 11 nitrogen and oxygen atoms in total. The minimum Gasteiger partial charge on any atom is -0.444 e. The zero-order valence-electron chi connectivity index (χ0n) is 27.0. The number of nitriles is 1. The number of aromatic nitrogens is 3. The Morgan fingerprint density at radius 3 is 2.64 bits per heavy atom. The Balaban J connectivity index is 1.33. The molecule has 47 heavy (non-hydrogen) atoms. The monoisotopic (exact) mass is 678 g/mol. The highest BCUT2D eigenvalue weighted by molar-refractivity contribution is 7.23. The molecule has 6 heterocycles. The average molecular weight is 679 g/mol. The number of hydrogen-bond donors (Lipinski definition) is 1. The van der Waals surface area contributed by atoms with Crippen molar-refractivity contribution < 1.29 is 18.7 Å². The first-order chi connectivity index (χ1) is 22.4. The van der Waals surface area contributed by atoms with Gasteiger partial charge in [0.15, 0.2) is 5.82 Å². The van der Waals surface area contributed by atoms with Crippen LogP contribution in [0.1, 0.15) is 50.8 Å². The summed E-state index contributed by atoms with van der Waals surface area (Å²) < 4.78 is 26.8. The molecule has 2 fully saturated rings. The minimum atomic E-state index is -0.760. The van der Waals surface area contributed by atoms with Crippen LogP contribution >= 0.6 is 22.9 Å². The molecule has 0 aliphatic carbocycles. The van der Waals surface area contributed by atoms with Crippen LogP contribution in [0.4, 0.5) is 20.1 Å². The molecule has 1 amide bonds. The second-order valence-electron chi connectivity index (χ2n) is 13.4. The van der Waals surface area contributed by atoms with Crippen LogP contribution in [0, 0.1) is 17.1 Å². The zero-order chi connectivity index (χ0) is 33.2. The first kappa shape index (κ1) is 31.9. The van der Waals surface area contributed by atoms with E-state index in [0.29, 0.717) is 40.4 Å². The van der Waals surface area contributed by atoms with Crippen molar-refractivity contribution in [2.45, 2.75) is 65.0 Å². The standard InChI is InChI=1S/C33H36ClFN8O3S/c1-17-23(42-10-8-41(5)9-11-42)6-7-43(17)31-38-13-19-20-15-45-16-21(20)24(26(34)27(19)39-31)28-25-18(12-36)30(40-32(44)46-33(2,3)4)47-29(25)22(35)14-37-28/h13-14,17,23H,6-11,15-16H2,1-5H3,(H,40,44)/t17-,23-/m0/s1. The number of nitrogens with zero attached hydrogens (tertiary/aromatic N) is 7. The fourth-order valence-corrected chi connectivity index (χ4v) is 8.37. The van der Waals surface area contributed by atoms with Gasteiger partial charge in [-0.1, -0.05) is 11.6 Å². The number of nitrogens with one attached hydrogen (secondary N) is 1. The predicted molar refractivity (Wildman–Crippen MR) is 180 cm³/mol. The largest absolute Gasteiger partial charge is 0.444 e. The smallest absolute Gasteiger partial charge is 0.412 e. The third kappa shape index (κ3) is 5.66. The summed E-state index contributed by atoms with van der Waals surface area (Å²) in [7, 11) is 2.16. The topological polar surface area (TPSA) is 120 Å². The molecule has 0 radical (unpaired) electrons. The van der Waals surface area contributed by atoms with Crippen molar-refractivity contribution >= 4 is 61.0 Å². The van der Waals surface area contributed by atoms with E-state index < -0.39 is 17.5 Å². The lowest BCUT2D eigenvalue weighted by Crippen LogP contribution is -2.52. The lowest BCUT2D eigenvalue weighted by atomic mass is 9.94. The molecule has 1 N–H and O–H groups in total. The van der Waals surface area contributed by atoms with Gasteiger partial charge in [0.05, 0.1) is 45.9 Å². The summed E-state index contributed by atoms with van der Waals surface area (Å²) in [6.07, 6.45) is 3.21. The van der Waals surface area contributed by atoms with Gasteiger partial charge in [0, 0.05) is 67.3 Å². The molecule has 3 aliphatic heterocycles. The number of carbonyl (C=O) groups is 1. The van der Waals surface area contributed by atoms with Gasteiger partial charge < -0.3 is 19.3 Å². The molecule has 4 aromatic rings. The van der Waals surface area contributed by atoms with E-state index in [1.807, 2.05) is 6.20 Å². The quantitative estimate of drug-likeness (QED) is 0.269. The number of anilines is 2. The van der Waals surface area contributed by atoms with E-state index in [-0.39, 0.29) is 33.3 Å².